The maximum absolute atomic E-state index is 12.4. The van der Waals surface area contributed by atoms with Gasteiger partial charge in [0.1, 0.15) is 5.01 Å². The molecule has 2 N–H and O–H groups in total. The van der Waals surface area contributed by atoms with Gasteiger partial charge in [-0.1, -0.05) is 0 Å². The minimum absolute atomic E-state index is 0.0506. The van der Waals surface area contributed by atoms with Crippen LogP contribution in [0.3, 0.4) is 0 Å². The molecule has 1 saturated carbocycles. The van der Waals surface area contributed by atoms with Gasteiger partial charge in [-0.05, 0) is 49.9 Å². The summed E-state index contributed by atoms with van der Waals surface area (Å²) in [6.45, 7) is 2.00. The Bertz CT molecular complexity index is 704. The molecule has 0 spiro atoms. The number of thiazole rings is 1. The van der Waals surface area contributed by atoms with Crippen molar-refractivity contribution in [3.63, 3.8) is 0 Å². The van der Waals surface area contributed by atoms with Crippen LogP contribution in [0, 0.1) is 12.8 Å². The number of aromatic nitrogens is 1. The van der Waals surface area contributed by atoms with E-state index in [2.05, 4.69) is 10.3 Å². The maximum atomic E-state index is 12.4. The van der Waals surface area contributed by atoms with Crippen molar-refractivity contribution in [1.82, 2.24) is 10.3 Å². The van der Waals surface area contributed by atoms with Gasteiger partial charge < -0.3 is 10.4 Å². The first-order chi connectivity index (χ1) is 10.5. The number of nitrogens with zero attached hydrogens (tertiary/aromatic N) is 1. The molecule has 3 rings (SSSR count). The van der Waals surface area contributed by atoms with Crippen LogP contribution in [0.1, 0.15) is 49.5 Å². The van der Waals surface area contributed by atoms with Crippen LogP contribution in [0.5, 0.6) is 0 Å². The monoisotopic (exact) mass is 316 g/mol. The molecule has 1 heterocycles. The van der Waals surface area contributed by atoms with E-state index in [-0.39, 0.29) is 17.5 Å². The molecule has 1 atom stereocenters. The Morgan fingerprint density at radius 2 is 1.91 bits per heavy atom. The lowest BCUT2D eigenvalue weighted by atomic mass is 10.1. The Hall–Kier alpha value is -2.21. The van der Waals surface area contributed by atoms with E-state index >= 15 is 0 Å². The number of hydrogen-bond acceptors (Lipinski definition) is 4. The fourth-order valence-corrected chi connectivity index (χ4v) is 3.23. The lowest BCUT2D eigenvalue weighted by molar-refractivity contribution is 0.0696. The van der Waals surface area contributed by atoms with Crippen LogP contribution >= 0.6 is 11.3 Å². The molecular formula is C16H16N2O3S. The zero-order valence-corrected chi connectivity index (χ0v) is 12.9. The van der Waals surface area contributed by atoms with E-state index in [0.29, 0.717) is 11.5 Å². The van der Waals surface area contributed by atoms with Crippen molar-refractivity contribution in [1.29, 1.82) is 0 Å². The first kappa shape index (κ1) is 14.7. The largest absolute Gasteiger partial charge is 0.478 e. The van der Waals surface area contributed by atoms with Crippen molar-refractivity contribution in [3.05, 3.63) is 51.5 Å². The number of amides is 1. The molecule has 114 valence electrons. The average Bonchev–Trinajstić information content (AvgIpc) is 3.26. The zero-order valence-electron chi connectivity index (χ0n) is 12.1. The molecule has 1 aromatic carbocycles. The number of carboxylic acid groups (broad SMARTS) is 1. The van der Waals surface area contributed by atoms with Gasteiger partial charge in [0.05, 0.1) is 11.6 Å². The Kier molecular flexibility index (Phi) is 3.94. The molecule has 0 bridgehead atoms. The van der Waals surface area contributed by atoms with Crippen molar-refractivity contribution < 1.29 is 14.7 Å². The molecule has 0 saturated heterocycles. The third kappa shape index (κ3) is 3.17. The topological polar surface area (TPSA) is 79.3 Å². The first-order valence-corrected chi connectivity index (χ1v) is 7.93. The molecule has 1 aliphatic carbocycles. The van der Waals surface area contributed by atoms with Crippen molar-refractivity contribution in [2.75, 3.05) is 0 Å². The normalized spacial score (nSPS) is 15.3. The molecule has 5 nitrogen and oxygen atoms in total. The fraction of sp³-hybridized carbons (Fsp3) is 0.312. The van der Waals surface area contributed by atoms with Crippen LogP contribution in [-0.2, 0) is 0 Å². The Balaban J connectivity index is 1.75. The smallest absolute Gasteiger partial charge is 0.335 e. The maximum Gasteiger partial charge on any atom is 0.335 e. The fourth-order valence-electron chi connectivity index (χ4n) is 2.32. The van der Waals surface area contributed by atoms with Crippen LogP contribution in [0.25, 0.3) is 0 Å². The van der Waals surface area contributed by atoms with Gasteiger partial charge in [-0.2, -0.15) is 0 Å². The highest BCUT2D eigenvalue weighted by atomic mass is 32.1. The van der Waals surface area contributed by atoms with Crippen LogP contribution in [0.15, 0.2) is 30.5 Å². The molecule has 0 aliphatic heterocycles. The predicted molar refractivity (Wildman–Crippen MR) is 83.2 cm³/mol. The molecule has 1 fully saturated rings. The number of carbonyl (C=O) groups excluding carboxylic acids is 1. The second-order valence-electron chi connectivity index (χ2n) is 5.48. The molecule has 2 aromatic rings. The standard InChI is InChI=1S/C16H16N2O3S/c1-9-8-17-15(22-9)13(10-2-3-10)18-14(19)11-4-6-12(7-5-11)16(20)21/h4-8,10,13H,2-3H2,1H3,(H,18,19)(H,20,21)/t13-/m0/s1. The Morgan fingerprint density at radius 1 is 1.27 bits per heavy atom. The van der Waals surface area contributed by atoms with Gasteiger partial charge in [0.25, 0.3) is 5.91 Å². The second-order valence-corrected chi connectivity index (χ2v) is 6.75. The molecule has 1 amide bonds. The first-order valence-electron chi connectivity index (χ1n) is 7.11. The summed E-state index contributed by atoms with van der Waals surface area (Å²) < 4.78 is 0. The average molecular weight is 316 g/mol. The van der Waals surface area contributed by atoms with Crippen molar-refractivity contribution in [2.45, 2.75) is 25.8 Å². The van der Waals surface area contributed by atoms with Crippen molar-refractivity contribution in [2.24, 2.45) is 5.92 Å². The molecule has 0 radical (unpaired) electrons. The van der Waals surface area contributed by atoms with E-state index in [1.165, 1.54) is 24.3 Å². The van der Waals surface area contributed by atoms with Crippen LogP contribution < -0.4 is 5.32 Å². The molecule has 6 heteroatoms. The summed E-state index contributed by atoms with van der Waals surface area (Å²) in [4.78, 5) is 28.7. The summed E-state index contributed by atoms with van der Waals surface area (Å²) >= 11 is 1.60. The van der Waals surface area contributed by atoms with Crippen molar-refractivity contribution in [3.8, 4) is 0 Å². The number of hydrogen-bond donors (Lipinski definition) is 2. The van der Waals surface area contributed by atoms with E-state index < -0.39 is 5.97 Å². The van der Waals surface area contributed by atoms with Gasteiger partial charge in [0.15, 0.2) is 0 Å². The summed E-state index contributed by atoms with van der Waals surface area (Å²) in [5.74, 6) is -0.740. The van der Waals surface area contributed by atoms with E-state index in [0.717, 1.165) is 22.7 Å². The highest BCUT2D eigenvalue weighted by Crippen LogP contribution is 2.42. The molecule has 22 heavy (non-hydrogen) atoms. The van der Waals surface area contributed by atoms with Crippen molar-refractivity contribution >= 4 is 23.2 Å². The molecule has 1 aliphatic rings. The minimum atomic E-state index is -0.999. The highest BCUT2D eigenvalue weighted by molar-refractivity contribution is 7.11. The summed E-state index contributed by atoms with van der Waals surface area (Å²) in [7, 11) is 0. The summed E-state index contributed by atoms with van der Waals surface area (Å²) in [6, 6.07) is 5.91. The van der Waals surface area contributed by atoms with E-state index in [9.17, 15) is 9.59 Å². The number of rotatable bonds is 5. The Labute approximate surface area is 132 Å². The lowest BCUT2D eigenvalue weighted by Crippen LogP contribution is -2.29. The lowest BCUT2D eigenvalue weighted by Gasteiger charge is -2.16. The van der Waals surface area contributed by atoms with E-state index in [1.807, 2.05) is 13.1 Å². The highest BCUT2D eigenvalue weighted by Gasteiger charge is 2.35. The van der Waals surface area contributed by atoms with Gasteiger partial charge in [0, 0.05) is 16.6 Å². The van der Waals surface area contributed by atoms with Gasteiger partial charge in [-0.25, -0.2) is 9.78 Å². The molecule has 0 unspecified atom stereocenters. The third-order valence-corrected chi connectivity index (χ3v) is 4.68. The number of carboxylic acids is 1. The van der Waals surface area contributed by atoms with Crippen LogP contribution in [0.2, 0.25) is 0 Å². The SMILES string of the molecule is Cc1cnc([C@@H](NC(=O)c2ccc(C(=O)O)cc2)C2CC2)s1. The van der Waals surface area contributed by atoms with Gasteiger partial charge in [-0.3, -0.25) is 4.79 Å². The number of nitrogens with one attached hydrogen (secondary N) is 1. The number of aromatic carboxylic acids is 1. The summed E-state index contributed by atoms with van der Waals surface area (Å²) in [5.41, 5.74) is 0.634. The predicted octanol–water partition coefficient (Wildman–Crippen LogP) is 3.03. The third-order valence-electron chi connectivity index (χ3n) is 3.68. The van der Waals surface area contributed by atoms with Crippen LogP contribution in [-0.4, -0.2) is 22.0 Å². The van der Waals surface area contributed by atoms with Crippen LogP contribution in [0.4, 0.5) is 0 Å². The van der Waals surface area contributed by atoms with Gasteiger partial charge >= 0.3 is 5.97 Å². The number of carbonyl (C=O) groups is 2. The van der Waals surface area contributed by atoms with Gasteiger partial charge in [-0.15, -0.1) is 11.3 Å². The molecule has 1 aromatic heterocycles. The number of aryl methyl sites for hydroxylation is 1. The Morgan fingerprint density at radius 3 is 2.41 bits per heavy atom. The zero-order chi connectivity index (χ0) is 15.7. The van der Waals surface area contributed by atoms with Gasteiger partial charge in [0.2, 0.25) is 0 Å². The van der Waals surface area contributed by atoms with E-state index in [4.69, 9.17) is 5.11 Å². The quantitative estimate of drug-likeness (QED) is 0.888. The second kappa shape index (κ2) is 5.88. The number of benzene rings is 1. The molecular weight excluding hydrogens is 300 g/mol. The summed E-state index contributed by atoms with van der Waals surface area (Å²) in [6.07, 6.45) is 4.02. The minimum Gasteiger partial charge on any atom is -0.478 e. The van der Waals surface area contributed by atoms with E-state index in [1.54, 1.807) is 11.3 Å². The summed E-state index contributed by atoms with van der Waals surface area (Å²) in [5, 5.41) is 12.9.